The number of carbonyl (C=O) groups excluding carboxylic acids is 1. The Morgan fingerprint density at radius 2 is 2.10 bits per heavy atom. The molecule has 1 atom stereocenters. The minimum atomic E-state index is 0. The zero-order valence-electron chi connectivity index (χ0n) is 11.9. The van der Waals surface area contributed by atoms with Crippen LogP contribution in [-0.2, 0) is 11.2 Å². The van der Waals surface area contributed by atoms with E-state index in [1.165, 1.54) is 5.56 Å². The molecular formula is C15H23ClN2O2. The third-order valence-corrected chi connectivity index (χ3v) is 3.66. The Balaban J connectivity index is 0.00000200. The number of hydrogen-bond acceptors (Lipinski definition) is 3. The number of hydrogen-bond donors (Lipinski definition) is 1. The van der Waals surface area contributed by atoms with Crippen LogP contribution in [-0.4, -0.2) is 36.5 Å². The summed E-state index contributed by atoms with van der Waals surface area (Å²) in [5.41, 5.74) is 6.93. The summed E-state index contributed by atoms with van der Waals surface area (Å²) in [5, 5.41) is 0. The molecular weight excluding hydrogens is 276 g/mol. The van der Waals surface area contributed by atoms with Gasteiger partial charge in [0.2, 0.25) is 0 Å². The van der Waals surface area contributed by atoms with Crippen LogP contribution in [0.25, 0.3) is 0 Å². The second-order valence-electron chi connectivity index (χ2n) is 4.91. The monoisotopic (exact) mass is 298 g/mol. The minimum absolute atomic E-state index is 0. The number of carbonyl (C=O) groups is 1. The molecule has 0 radical (unpaired) electrons. The van der Waals surface area contributed by atoms with Crippen molar-refractivity contribution in [2.75, 3.05) is 19.7 Å². The van der Waals surface area contributed by atoms with E-state index in [-0.39, 0.29) is 31.0 Å². The number of halogens is 1. The molecule has 2 rings (SSSR count). The van der Waals surface area contributed by atoms with E-state index in [0.29, 0.717) is 6.54 Å². The molecule has 2 N–H and O–H groups in total. The smallest absolute Gasteiger partial charge is 0.260 e. The molecule has 4 nitrogen and oxygen atoms in total. The van der Waals surface area contributed by atoms with Crippen molar-refractivity contribution >= 4 is 18.3 Å². The summed E-state index contributed by atoms with van der Waals surface area (Å²) in [6.45, 7) is 3.55. The zero-order valence-corrected chi connectivity index (χ0v) is 12.7. The standard InChI is InChI=1S/C15H22N2O2.ClH/c1-2-12-5-7-14(8-6-12)19-11-15(18)17-9-3-4-13(17)10-16;/h5-8,13H,2-4,9-11,16H2,1H3;1H. The SMILES string of the molecule is CCc1ccc(OCC(=O)N2CCCC2CN)cc1.Cl. The predicted octanol–water partition coefficient (Wildman–Crippen LogP) is 2.00. The molecule has 1 aromatic rings. The van der Waals surface area contributed by atoms with Gasteiger partial charge in [-0.1, -0.05) is 19.1 Å². The first kappa shape index (κ1) is 16.8. The Bertz CT molecular complexity index is 422. The fraction of sp³-hybridized carbons (Fsp3) is 0.533. The summed E-state index contributed by atoms with van der Waals surface area (Å²) in [6, 6.07) is 8.07. The molecule has 0 bridgehead atoms. The van der Waals surface area contributed by atoms with Gasteiger partial charge in [0, 0.05) is 19.1 Å². The second-order valence-corrected chi connectivity index (χ2v) is 4.91. The molecule has 5 heteroatoms. The van der Waals surface area contributed by atoms with E-state index in [9.17, 15) is 4.79 Å². The molecule has 0 spiro atoms. The van der Waals surface area contributed by atoms with Gasteiger partial charge in [0.1, 0.15) is 5.75 Å². The number of nitrogens with two attached hydrogens (primary N) is 1. The van der Waals surface area contributed by atoms with E-state index in [1.807, 2.05) is 29.2 Å². The largest absolute Gasteiger partial charge is 0.484 e. The van der Waals surface area contributed by atoms with Gasteiger partial charge in [-0.25, -0.2) is 0 Å². The molecule has 1 saturated heterocycles. The van der Waals surface area contributed by atoms with Gasteiger partial charge in [0.05, 0.1) is 0 Å². The van der Waals surface area contributed by atoms with Crippen molar-refractivity contribution in [2.24, 2.45) is 5.73 Å². The predicted molar refractivity (Wildman–Crippen MR) is 82.4 cm³/mol. The number of benzene rings is 1. The quantitative estimate of drug-likeness (QED) is 0.904. The summed E-state index contributed by atoms with van der Waals surface area (Å²) in [6.07, 6.45) is 3.05. The molecule has 20 heavy (non-hydrogen) atoms. The number of likely N-dealkylation sites (tertiary alicyclic amines) is 1. The van der Waals surface area contributed by atoms with Gasteiger partial charge in [-0.05, 0) is 37.0 Å². The molecule has 112 valence electrons. The van der Waals surface area contributed by atoms with Crippen LogP contribution in [0.2, 0.25) is 0 Å². The van der Waals surface area contributed by atoms with Crippen molar-refractivity contribution in [1.82, 2.24) is 4.90 Å². The van der Waals surface area contributed by atoms with E-state index >= 15 is 0 Å². The maximum absolute atomic E-state index is 12.1. The minimum Gasteiger partial charge on any atom is -0.484 e. The molecule has 0 saturated carbocycles. The normalized spacial score (nSPS) is 17.7. The van der Waals surface area contributed by atoms with E-state index in [4.69, 9.17) is 10.5 Å². The van der Waals surface area contributed by atoms with E-state index in [2.05, 4.69) is 6.92 Å². The van der Waals surface area contributed by atoms with Gasteiger partial charge in [-0.2, -0.15) is 0 Å². The zero-order chi connectivity index (χ0) is 13.7. The molecule has 1 fully saturated rings. The molecule has 1 heterocycles. The summed E-state index contributed by atoms with van der Waals surface area (Å²) >= 11 is 0. The molecule has 0 aliphatic carbocycles. The van der Waals surface area contributed by atoms with Crippen molar-refractivity contribution in [1.29, 1.82) is 0 Å². The number of amides is 1. The molecule has 0 aromatic heterocycles. The highest BCUT2D eigenvalue weighted by Crippen LogP contribution is 2.17. The first-order valence-corrected chi connectivity index (χ1v) is 6.96. The Hall–Kier alpha value is -1.26. The van der Waals surface area contributed by atoms with Crippen LogP contribution in [0.5, 0.6) is 5.75 Å². The highest BCUT2D eigenvalue weighted by Gasteiger charge is 2.27. The Morgan fingerprint density at radius 3 is 2.70 bits per heavy atom. The first-order valence-electron chi connectivity index (χ1n) is 6.96. The van der Waals surface area contributed by atoms with Crippen molar-refractivity contribution in [3.05, 3.63) is 29.8 Å². The Morgan fingerprint density at radius 1 is 1.40 bits per heavy atom. The summed E-state index contributed by atoms with van der Waals surface area (Å²) < 4.78 is 5.54. The van der Waals surface area contributed by atoms with Gasteiger partial charge >= 0.3 is 0 Å². The van der Waals surface area contributed by atoms with Gasteiger partial charge in [0.15, 0.2) is 6.61 Å². The number of nitrogens with zero attached hydrogens (tertiary/aromatic N) is 1. The average Bonchev–Trinajstić information content (AvgIpc) is 2.93. The van der Waals surface area contributed by atoms with Crippen molar-refractivity contribution in [3.8, 4) is 5.75 Å². The van der Waals surface area contributed by atoms with E-state index < -0.39 is 0 Å². The summed E-state index contributed by atoms with van der Waals surface area (Å²) in [5.74, 6) is 0.779. The average molecular weight is 299 g/mol. The third-order valence-electron chi connectivity index (χ3n) is 3.66. The van der Waals surface area contributed by atoms with Crippen LogP contribution >= 0.6 is 12.4 Å². The fourth-order valence-corrected chi connectivity index (χ4v) is 2.46. The lowest BCUT2D eigenvalue weighted by Crippen LogP contribution is -2.42. The summed E-state index contributed by atoms with van der Waals surface area (Å²) in [4.78, 5) is 13.9. The van der Waals surface area contributed by atoms with Crippen molar-refractivity contribution in [2.45, 2.75) is 32.2 Å². The van der Waals surface area contributed by atoms with Gasteiger partial charge in [-0.3, -0.25) is 4.79 Å². The highest BCUT2D eigenvalue weighted by atomic mass is 35.5. The van der Waals surface area contributed by atoms with Crippen LogP contribution in [0.3, 0.4) is 0 Å². The fourth-order valence-electron chi connectivity index (χ4n) is 2.46. The van der Waals surface area contributed by atoms with Gasteiger partial charge < -0.3 is 15.4 Å². The molecule has 1 unspecified atom stereocenters. The van der Waals surface area contributed by atoms with Crippen molar-refractivity contribution < 1.29 is 9.53 Å². The van der Waals surface area contributed by atoms with Gasteiger partial charge in [-0.15, -0.1) is 12.4 Å². The summed E-state index contributed by atoms with van der Waals surface area (Å²) in [7, 11) is 0. The lowest BCUT2D eigenvalue weighted by atomic mass is 10.2. The van der Waals surface area contributed by atoms with Gasteiger partial charge in [0.25, 0.3) is 5.91 Å². The van der Waals surface area contributed by atoms with Crippen LogP contribution in [0.1, 0.15) is 25.3 Å². The molecule has 1 amide bonds. The van der Waals surface area contributed by atoms with Crippen LogP contribution in [0, 0.1) is 0 Å². The molecule has 1 aromatic carbocycles. The number of rotatable bonds is 5. The number of aryl methyl sites for hydroxylation is 1. The third kappa shape index (κ3) is 4.12. The number of ether oxygens (including phenoxy) is 1. The lowest BCUT2D eigenvalue weighted by molar-refractivity contribution is -0.134. The van der Waals surface area contributed by atoms with Crippen LogP contribution in [0.4, 0.5) is 0 Å². The van der Waals surface area contributed by atoms with Crippen LogP contribution < -0.4 is 10.5 Å². The van der Waals surface area contributed by atoms with Crippen LogP contribution in [0.15, 0.2) is 24.3 Å². The highest BCUT2D eigenvalue weighted by molar-refractivity contribution is 5.85. The van der Waals surface area contributed by atoms with Crippen molar-refractivity contribution in [3.63, 3.8) is 0 Å². The lowest BCUT2D eigenvalue weighted by Gasteiger charge is -2.23. The van der Waals surface area contributed by atoms with E-state index in [0.717, 1.165) is 31.6 Å². The maximum Gasteiger partial charge on any atom is 0.260 e. The Kier molecular flexibility index (Phi) is 6.82. The first-order chi connectivity index (χ1) is 9.24. The topological polar surface area (TPSA) is 55.6 Å². The maximum atomic E-state index is 12.1. The molecule has 1 aliphatic heterocycles. The molecule has 1 aliphatic rings. The Labute approximate surface area is 126 Å². The second kappa shape index (κ2) is 8.12. The van der Waals surface area contributed by atoms with E-state index in [1.54, 1.807) is 0 Å².